The van der Waals surface area contributed by atoms with E-state index >= 15 is 0 Å². The fourth-order valence-electron chi connectivity index (χ4n) is 1.55. The molecule has 0 saturated heterocycles. The smallest absolute Gasteiger partial charge is 0.236 e. The van der Waals surface area contributed by atoms with Gasteiger partial charge in [0.15, 0.2) is 5.16 Å². The Morgan fingerprint density at radius 1 is 1.20 bits per heavy atom. The second-order valence-electron chi connectivity index (χ2n) is 3.91. The van der Waals surface area contributed by atoms with Gasteiger partial charge in [-0.05, 0) is 11.4 Å². The summed E-state index contributed by atoms with van der Waals surface area (Å²) in [4.78, 5) is 13.6. The van der Waals surface area contributed by atoms with Crippen LogP contribution in [0, 0.1) is 0 Å². The van der Waals surface area contributed by atoms with Crippen molar-refractivity contribution in [1.29, 1.82) is 0 Å². The van der Waals surface area contributed by atoms with Crippen molar-refractivity contribution in [2.45, 2.75) is 10.9 Å². The fourth-order valence-corrected chi connectivity index (χ4v) is 2.96. The number of thioether (sulfide) groups is 1. The van der Waals surface area contributed by atoms with Crippen LogP contribution in [0.15, 0.2) is 39.4 Å². The summed E-state index contributed by atoms with van der Waals surface area (Å²) in [5.74, 6) is 1.94. The van der Waals surface area contributed by atoms with Crippen LogP contribution in [0.4, 0.5) is 11.6 Å². The van der Waals surface area contributed by atoms with Gasteiger partial charge in [0.2, 0.25) is 5.89 Å². The van der Waals surface area contributed by atoms with E-state index in [2.05, 4.69) is 15.0 Å². The van der Waals surface area contributed by atoms with E-state index in [-0.39, 0.29) is 0 Å². The molecule has 3 rings (SSSR count). The average Bonchev–Trinajstić information content (AvgIpc) is 3.06. The monoisotopic (exact) mass is 305 g/mol. The van der Waals surface area contributed by atoms with Crippen LogP contribution in [0.25, 0.3) is 10.8 Å². The summed E-state index contributed by atoms with van der Waals surface area (Å²) in [6.07, 6.45) is 1.64. The lowest BCUT2D eigenvalue weighted by molar-refractivity contribution is 0.575. The molecule has 20 heavy (non-hydrogen) atoms. The Balaban J connectivity index is 1.69. The zero-order valence-electron chi connectivity index (χ0n) is 10.3. The Morgan fingerprint density at radius 3 is 2.70 bits per heavy atom. The number of nitrogen functional groups attached to an aromatic ring is 2. The molecule has 0 saturated carbocycles. The lowest BCUT2D eigenvalue weighted by Gasteiger charge is -2.00. The molecule has 0 unspecified atom stereocenters. The molecule has 0 fully saturated rings. The number of hydrogen-bond acceptors (Lipinski definition) is 8. The first-order chi connectivity index (χ1) is 9.70. The zero-order valence-corrected chi connectivity index (χ0v) is 11.9. The highest BCUT2D eigenvalue weighted by Crippen LogP contribution is 2.26. The molecule has 0 bridgehead atoms. The molecule has 0 aliphatic carbocycles. The summed E-state index contributed by atoms with van der Waals surface area (Å²) in [6, 6.07) is 5.45. The molecule has 3 heterocycles. The third-order valence-electron chi connectivity index (χ3n) is 2.38. The van der Waals surface area contributed by atoms with Gasteiger partial charge < -0.3 is 15.9 Å². The molecule has 0 atom stereocenters. The number of aromatic nitrogens is 3. The highest BCUT2D eigenvalue weighted by atomic mass is 32.2. The van der Waals surface area contributed by atoms with Gasteiger partial charge in [0.25, 0.3) is 0 Å². The predicted molar refractivity (Wildman–Crippen MR) is 80.2 cm³/mol. The second kappa shape index (κ2) is 5.51. The van der Waals surface area contributed by atoms with Gasteiger partial charge in [0.05, 0.1) is 10.6 Å². The normalized spacial score (nSPS) is 10.8. The number of nitrogens with zero attached hydrogens (tertiary/aromatic N) is 3. The van der Waals surface area contributed by atoms with Crippen molar-refractivity contribution >= 4 is 34.7 Å². The van der Waals surface area contributed by atoms with Crippen LogP contribution in [0.3, 0.4) is 0 Å². The fraction of sp³-hybridized carbons (Fsp3) is 0.0833. The average molecular weight is 305 g/mol. The molecule has 0 radical (unpaired) electrons. The van der Waals surface area contributed by atoms with Gasteiger partial charge >= 0.3 is 0 Å². The third-order valence-corrected chi connectivity index (χ3v) is 4.12. The van der Waals surface area contributed by atoms with Crippen molar-refractivity contribution in [3.8, 4) is 10.8 Å². The van der Waals surface area contributed by atoms with Gasteiger partial charge in [0.1, 0.15) is 17.9 Å². The van der Waals surface area contributed by atoms with Crippen LogP contribution >= 0.6 is 23.1 Å². The first-order valence-electron chi connectivity index (χ1n) is 5.72. The van der Waals surface area contributed by atoms with Gasteiger partial charge in [-0.3, -0.25) is 0 Å². The maximum atomic E-state index is 5.62. The molecule has 3 aromatic heterocycles. The van der Waals surface area contributed by atoms with Gasteiger partial charge in [-0.1, -0.05) is 17.8 Å². The molecular weight excluding hydrogens is 294 g/mol. The molecule has 3 aromatic rings. The van der Waals surface area contributed by atoms with Crippen LogP contribution in [0.5, 0.6) is 0 Å². The predicted octanol–water partition coefficient (Wildman–Crippen LogP) is 2.65. The first-order valence-corrected chi connectivity index (χ1v) is 7.58. The highest BCUT2D eigenvalue weighted by molar-refractivity contribution is 7.98. The summed E-state index contributed by atoms with van der Waals surface area (Å²) in [5, 5.41) is 2.51. The Hall–Kier alpha value is -2.06. The Bertz CT molecular complexity index is 690. The summed E-state index contributed by atoms with van der Waals surface area (Å²) in [5.41, 5.74) is 12.1. The van der Waals surface area contributed by atoms with E-state index in [1.807, 2.05) is 17.5 Å². The van der Waals surface area contributed by atoms with Crippen molar-refractivity contribution in [3.63, 3.8) is 0 Å². The van der Waals surface area contributed by atoms with E-state index in [0.717, 1.165) is 10.6 Å². The van der Waals surface area contributed by atoms with Gasteiger partial charge in [-0.25, -0.2) is 15.0 Å². The number of hydrogen-bond donors (Lipinski definition) is 2. The molecule has 102 valence electrons. The van der Waals surface area contributed by atoms with Crippen LogP contribution < -0.4 is 11.5 Å². The number of oxazole rings is 1. The maximum absolute atomic E-state index is 5.62. The summed E-state index contributed by atoms with van der Waals surface area (Å²) >= 11 is 3.00. The Kier molecular flexibility index (Phi) is 3.57. The number of anilines is 2. The minimum Gasteiger partial charge on any atom is -0.444 e. The Labute approximate surface area is 123 Å². The summed E-state index contributed by atoms with van der Waals surface area (Å²) in [6.45, 7) is 0. The number of thiophene rings is 1. The maximum Gasteiger partial charge on any atom is 0.236 e. The van der Waals surface area contributed by atoms with E-state index in [4.69, 9.17) is 15.9 Å². The van der Waals surface area contributed by atoms with E-state index in [1.165, 1.54) is 17.8 Å². The van der Waals surface area contributed by atoms with E-state index < -0.39 is 0 Å². The highest BCUT2D eigenvalue weighted by Gasteiger charge is 2.09. The third kappa shape index (κ3) is 2.91. The van der Waals surface area contributed by atoms with Crippen molar-refractivity contribution in [2.24, 2.45) is 0 Å². The molecule has 8 heteroatoms. The topological polar surface area (TPSA) is 104 Å². The van der Waals surface area contributed by atoms with Crippen LogP contribution in [-0.2, 0) is 5.75 Å². The van der Waals surface area contributed by atoms with E-state index in [0.29, 0.717) is 28.4 Å². The van der Waals surface area contributed by atoms with Crippen molar-refractivity contribution in [2.75, 3.05) is 11.5 Å². The largest absolute Gasteiger partial charge is 0.444 e. The Morgan fingerprint density at radius 2 is 2.00 bits per heavy atom. The molecule has 0 aliphatic rings. The van der Waals surface area contributed by atoms with Crippen LogP contribution in [0.1, 0.15) is 5.69 Å². The van der Waals surface area contributed by atoms with E-state index in [1.54, 1.807) is 17.6 Å². The lowest BCUT2D eigenvalue weighted by Crippen LogP contribution is -1.99. The molecular formula is C12H11N5OS2. The van der Waals surface area contributed by atoms with Crippen LogP contribution in [0.2, 0.25) is 0 Å². The lowest BCUT2D eigenvalue weighted by atomic mass is 10.5. The summed E-state index contributed by atoms with van der Waals surface area (Å²) in [7, 11) is 0. The molecule has 0 amide bonds. The molecule has 0 spiro atoms. The molecule has 6 nitrogen and oxygen atoms in total. The van der Waals surface area contributed by atoms with Crippen molar-refractivity contribution in [1.82, 2.24) is 15.0 Å². The van der Waals surface area contributed by atoms with Crippen molar-refractivity contribution in [3.05, 3.63) is 35.5 Å². The molecule has 4 N–H and O–H groups in total. The summed E-state index contributed by atoms with van der Waals surface area (Å²) < 4.78 is 5.44. The minimum absolute atomic E-state index is 0.361. The van der Waals surface area contributed by atoms with E-state index in [9.17, 15) is 0 Å². The zero-order chi connectivity index (χ0) is 13.9. The quantitative estimate of drug-likeness (QED) is 0.564. The van der Waals surface area contributed by atoms with Gasteiger partial charge in [0, 0.05) is 11.8 Å². The van der Waals surface area contributed by atoms with Gasteiger partial charge in [-0.15, -0.1) is 11.3 Å². The van der Waals surface area contributed by atoms with Gasteiger partial charge in [-0.2, -0.15) is 0 Å². The van der Waals surface area contributed by atoms with Crippen LogP contribution in [-0.4, -0.2) is 15.0 Å². The molecule has 0 aromatic carbocycles. The number of nitrogens with two attached hydrogens (primary N) is 2. The SMILES string of the molecule is Nc1cc(N)nc(SCc2coc(-c3cccs3)n2)n1. The van der Waals surface area contributed by atoms with Crippen molar-refractivity contribution < 1.29 is 4.42 Å². The number of rotatable bonds is 4. The standard InChI is InChI=1S/C12H11N5OS2/c13-9-4-10(14)17-12(16-9)20-6-7-5-18-11(15-7)8-2-1-3-19-8/h1-5H,6H2,(H4,13,14,16,17). The minimum atomic E-state index is 0.361. The molecule has 0 aliphatic heterocycles. The second-order valence-corrected chi connectivity index (χ2v) is 5.80. The first kappa shape index (κ1) is 12.9.